The average Bonchev–Trinajstić information content (AvgIpc) is 2.52. The van der Waals surface area contributed by atoms with Crippen LogP contribution in [0.4, 0.5) is 0 Å². The average molecular weight is 270 g/mol. The van der Waals surface area contributed by atoms with E-state index in [1.807, 2.05) is 14.0 Å². The molecule has 18 heavy (non-hydrogen) atoms. The number of nitrogens with two attached hydrogens (primary N) is 1. The van der Waals surface area contributed by atoms with Crippen molar-refractivity contribution in [1.29, 1.82) is 0 Å². The van der Waals surface area contributed by atoms with Crippen LogP contribution in [0.5, 0.6) is 0 Å². The molecule has 0 unspecified atom stereocenters. The molecule has 0 saturated heterocycles. The molecule has 0 atom stereocenters. The van der Waals surface area contributed by atoms with Crippen molar-refractivity contribution in [2.24, 2.45) is 12.8 Å². The molecule has 0 spiro atoms. The lowest BCUT2D eigenvalue weighted by Crippen LogP contribution is -2.42. The number of aromatic nitrogens is 2. The molecular weight excluding hydrogens is 246 g/mol. The Morgan fingerprint density at radius 1 is 1.22 bits per heavy atom. The lowest BCUT2D eigenvalue weighted by atomic mass is 9.80. The fraction of sp³-hybridized carbons (Fsp3) is 0.786. The summed E-state index contributed by atoms with van der Waals surface area (Å²) in [5, 5.41) is 5.13. The zero-order valence-corrected chi connectivity index (χ0v) is 12.3. The topological polar surface area (TPSA) is 43.8 Å². The highest BCUT2D eigenvalue weighted by atomic mass is 35.5. The molecule has 4 heteroatoms. The normalized spacial score (nSPS) is 20.4. The van der Waals surface area contributed by atoms with Gasteiger partial charge in [-0.05, 0) is 26.2 Å². The summed E-state index contributed by atoms with van der Waals surface area (Å²) in [6.07, 6.45) is 9.57. The second-order valence-corrected chi connectivity index (χ2v) is 6.14. The molecule has 1 aliphatic rings. The van der Waals surface area contributed by atoms with Crippen LogP contribution in [0, 0.1) is 6.92 Å². The molecule has 1 aromatic rings. The van der Waals surface area contributed by atoms with Crippen LogP contribution in [-0.4, -0.2) is 15.3 Å². The van der Waals surface area contributed by atoms with Gasteiger partial charge in [-0.3, -0.25) is 4.68 Å². The van der Waals surface area contributed by atoms with Gasteiger partial charge in [-0.25, -0.2) is 0 Å². The van der Waals surface area contributed by atoms with Gasteiger partial charge in [-0.1, -0.05) is 43.7 Å². The van der Waals surface area contributed by atoms with Crippen LogP contribution in [0.15, 0.2) is 0 Å². The van der Waals surface area contributed by atoms with E-state index in [1.54, 1.807) is 4.68 Å². The second kappa shape index (κ2) is 5.62. The van der Waals surface area contributed by atoms with Crippen LogP contribution in [-0.2, 0) is 13.5 Å². The van der Waals surface area contributed by atoms with Crippen molar-refractivity contribution in [2.75, 3.05) is 0 Å². The van der Waals surface area contributed by atoms with Gasteiger partial charge in [0.25, 0.3) is 0 Å². The van der Waals surface area contributed by atoms with Crippen molar-refractivity contribution in [3.8, 4) is 0 Å². The van der Waals surface area contributed by atoms with Gasteiger partial charge in [0, 0.05) is 18.2 Å². The van der Waals surface area contributed by atoms with Crippen LogP contribution in [0.3, 0.4) is 0 Å². The largest absolute Gasteiger partial charge is 0.325 e. The third-order valence-corrected chi connectivity index (χ3v) is 4.62. The fourth-order valence-corrected chi connectivity index (χ4v) is 3.25. The Hall–Kier alpha value is -0.540. The SMILES string of the molecule is Cc1nn(C)c(Cl)c1CC1(N)CCCCCCC1. The molecule has 2 rings (SSSR count). The summed E-state index contributed by atoms with van der Waals surface area (Å²) < 4.78 is 1.75. The number of rotatable bonds is 2. The molecule has 0 amide bonds. The Labute approximate surface area is 115 Å². The van der Waals surface area contributed by atoms with Gasteiger partial charge in [-0.2, -0.15) is 5.10 Å². The molecule has 1 fully saturated rings. The monoisotopic (exact) mass is 269 g/mol. The molecule has 0 aromatic carbocycles. The molecule has 1 saturated carbocycles. The van der Waals surface area contributed by atoms with Crippen molar-refractivity contribution >= 4 is 11.6 Å². The highest BCUT2D eigenvalue weighted by Crippen LogP contribution is 2.30. The van der Waals surface area contributed by atoms with E-state index in [0.29, 0.717) is 0 Å². The summed E-state index contributed by atoms with van der Waals surface area (Å²) in [5.41, 5.74) is 8.69. The summed E-state index contributed by atoms with van der Waals surface area (Å²) >= 11 is 6.31. The van der Waals surface area contributed by atoms with E-state index in [-0.39, 0.29) is 5.54 Å². The van der Waals surface area contributed by atoms with Crippen molar-refractivity contribution in [3.05, 3.63) is 16.4 Å². The fourth-order valence-electron chi connectivity index (χ4n) is 3.01. The first-order valence-corrected chi connectivity index (χ1v) is 7.36. The summed E-state index contributed by atoms with van der Waals surface area (Å²) in [7, 11) is 1.89. The standard InChI is InChI=1S/C14H24ClN3/c1-11-12(13(15)18(2)17-11)10-14(16)8-6-4-3-5-7-9-14/h3-10,16H2,1-2H3. The first kappa shape index (κ1) is 13.9. The van der Waals surface area contributed by atoms with E-state index >= 15 is 0 Å². The molecule has 2 N–H and O–H groups in total. The maximum absolute atomic E-state index is 6.61. The molecule has 1 heterocycles. The Morgan fingerprint density at radius 2 is 1.78 bits per heavy atom. The van der Waals surface area contributed by atoms with E-state index in [1.165, 1.54) is 32.1 Å². The first-order chi connectivity index (χ1) is 8.52. The summed E-state index contributed by atoms with van der Waals surface area (Å²) in [5.74, 6) is 0. The Bertz CT molecular complexity index is 403. The van der Waals surface area contributed by atoms with Gasteiger partial charge in [-0.15, -0.1) is 0 Å². The third kappa shape index (κ3) is 3.07. The minimum Gasteiger partial charge on any atom is -0.325 e. The van der Waals surface area contributed by atoms with Crippen LogP contribution < -0.4 is 5.73 Å². The lowest BCUT2D eigenvalue weighted by molar-refractivity contribution is 0.314. The molecule has 1 aromatic heterocycles. The predicted molar refractivity (Wildman–Crippen MR) is 75.9 cm³/mol. The van der Waals surface area contributed by atoms with E-state index in [0.717, 1.165) is 35.7 Å². The number of nitrogens with zero attached hydrogens (tertiary/aromatic N) is 2. The zero-order chi connectivity index (χ0) is 13.2. The van der Waals surface area contributed by atoms with Gasteiger partial charge in [0.05, 0.1) is 5.69 Å². The molecule has 3 nitrogen and oxygen atoms in total. The van der Waals surface area contributed by atoms with E-state index in [2.05, 4.69) is 5.10 Å². The van der Waals surface area contributed by atoms with Crippen LogP contribution in [0.25, 0.3) is 0 Å². The first-order valence-electron chi connectivity index (χ1n) is 6.99. The highest BCUT2D eigenvalue weighted by molar-refractivity contribution is 6.30. The van der Waals surface area contributed by atoms with Gasteiger partial charge < -0.3 is 5.73 Å². The van der Waals surface area contributed by atoms with Crippen molar-refractivity contribution in [2.45, 2.75) is 63.8 Å². The smallest absolute Gasteiger partial charge is 0.130 e. The summed E-state index contributed by atoms with van der Waals surface area (Å²) in [6.45, 7) is 2.02. The predicted octanol–water partition coefficient (Wildman–Crippen LogP) is 3.37. The minimum atomic E-state index is -0.0855. The number of halogens is 1. The van der Waals surface area contributed by atoms with Crippen molar-refractivity contribution in [1.82, 2.24) is 9.78 Å². The van der Waals surface area contributed by atoms with Crippen molar-refractivity contribution < 1.29 is 0 Å². The molecule has 0 aliphatic heterocycles. The Kier molecular flexibility index (Phi) is 4.33. The van der Waals surface area contributed by atoms with Crippen LogP contribution in [0.1, 0.15) is 56.2 Å². The number of hydrogen-bond acceptors (Lipinski definition) is 2. The summed E-state index contributed by atoms with van der Waals surface area (Å²) in [6, 6.07) is 0. The van der Waals surface area contributed by atoms with Crippen molar-refractivity contribution in [3.63, 3.8) is 0 Å². The molecule has 1 aliphatic carbocycles. The zero-order valence-electron chi connectivity index (χ0n) is 11.5. The maximum atomic E-state index is 6.61. The lowest BCUT2D eigenvalue weighted by Gasteiger charge is -2.31. The Balaban J connectivity index is 2.14. The van der Waals surface area contributed by atoms with E-state index in [9.17, 15) is 0 Å². The molecule has 0 radical (unpaired) electrons. The minimum absolute atomic E-state index is 0.0855. The maximum Gasteiger partial charge on any atom is 0.130 e. The van der Waals surface area contributed by atoms with Crippen LogP contribution >= 0.6 is 11.6 Å². The van der Waals surface area contributed by atoms with Gasteiger partial charge in [0.1, 0.15) is 5.15 Å². The van der Waals surface area contributed by atoms with Gasteiger partial charge >= 0.3 is 0 Å². The molecular formula is C14H24ClN3. The van der Waals surface area contributed by atoms with E-state index in [4.69, 9.17) is 17.3 Å². The van der Waals surface area contributed by atoms with Crippen LogP contribution in [0.2, 0.25) is 5.15 Å². The van der Waals surface area contributed by atoms with Gasteiger partial charge in [0.2, 0.25) is 0 Å². The van der Waals surface area contributed by atoms with Gasteiger partial charge in [0.15, 0.2) is 0 Å². The third-order valence-electron chi connectivity index (χ3n) is 4.15. The molecule has 102 valence electrons. The quantitative estimate of drug-likeness (QED) is 0.895. The Morgan fingerprint density at radius 3 is 2.28 bits per heavy atom. The number of aryl methyl sites for hydroxylation is 2. The highest BCUT2D eigenvalue weighted by Gasteiger charge is 2.28. The second-order valence-electron chi connectivity index (χ2n) is 5.79. The number of hydrogen-bond donors (Lipinski definition) is 1. The molecule has 0 bridgehead atoms. The summed E-state index contributed by atoms with van der Waals surface area (Å²) in [4.78, 5) is 0. The van der Waals surface area contributed by atoms with E-state index < -0.39 is 0 Å².